The van der Waals surface area contributed by atoms with Gasteiger partial charge in [-0.2, -0.15) is 0 Å². The predicted molar refractivity (Wildman–Crippen MR) is 71.3 cm³/mol. The average molecular weight is 280 g/mol. The number of benzene rings is 1. The highest BCUT2D eigenvalue weighted by Gasteiger charge is 2.23. The number of carbonyl (C=O) groups is 2. The minimum Gasteiger partial charge on any atom is -0.481 e. The van der Waals surface area contributed by atoms with Gasteiger partial charge in [-0.05, 0) is 19.4 Å². The Morgan fingerprint density at radius 1 is 1.30 bits per heavy atom. The van der Waals surface area contributed by atoms with Crippen LogP contribution in [0.2, 0.25) is 0 Å². The molecule has 0 radical (unpaired) electrons. The number of nitrogens with one attached hydrogen (secondary N) is 1. The summed E-state index contributed by atoms with van der Waals surface area (Å²) in [6.45, 7) is 3.24. The summed E-state index contributed by atoms with van der Waals surface area (Å²) in [6, 6.07) is 5.65. The van der Waals surface area contributed by atoms with Crippen LogP contribution in [0.3, 0.4) is 0 Å². The molecule has 0 aromatic heterocycles. The summed E-state index contributed by atoms with van der Waals surface area (Å²) in [4.78, 5) is 32.4. The molecule has 0 aliphatic carbocycles. The Kier molecular flexibility index (Phi) is 4.79. The predicted octanol–water partition coefficient (Wildman–Crippen LogP) is 1.51. The molecule has 0 bridgehead atoms. The van der Waals surface area contributed by atoms with Gasteiger partial charge in [0.15, 0.2) is 0 Å². The fourth-order valence-corrected chi connectivity index (χ4v) is 1.76. The van der Waals surface area contributed by atoms with E-state index in [1.165, 1.54) is 24.3 Å². The van der Waals surface area contributed by atoms with E-state index in [2.05, 4.69) is 5.32 Å². The van der Waals surface area contributed by atoms with E-state index in [9.17, 15) is 19.7 Å². The maximum absolute atomic E-state index is 11.8. The minimum absolute atomic E-state index is 0.0413. The molecule has 1 aromatic carbocycles. The van der Waals surface area contributed by atoms with Crippen LogP contribution < -0.4 is 5.32 Å². The molecule has 108 valence electrons. The van der Waals surface area contributed by atoms with Crippen LogP contribution in [0.4, 0.5) is 5.69 Å². The van der Waals surface area contributed by atoms with Crippen LogP contribution in [0.5, 0.6) is 0 Å². The third-order valence-electron chi connectivity index (χ3n) is 2.58. The summed E-state index contributed by atoms with van der Waals surface area (Å²) in [5.74, 6) is -1.32. The molecule has 0 atom stereocenters. The van der Waals surface area contributed by atoms with Gasteiger partial charge in [-0.25, -0.2) is 0 Å². The molecule has 1 aromatic rings. The topological polar surface area (TPSA) is 110 Å². The summed E-state index contributed by atoms with van der Waals surface area (Å²) >= 11 is 0. The number of rotatable bonds is 6. The number of carbonyl (C=O) groups excluding carboxylic acids is 1. The van der Waals surface area contributed by atoms with Gasteiger partial charge in [0.05, 0.1) is 17.8 Å². The molecular weight excluding hydrogens is 264 g/mol. The monoisotopic (exact) mass is 280 g/mol. The van der Waals surface area contributed by atoms with E-state index < -0.39 is 16.4 Å². The molecule has 20 heavy (non-hydrogen) atoms. The highest BCUT2D eigenvalue weighted by atomic mass is 16.6. The number of carboxylic acid groups (broad SMARTS) is 1. The van der Waals surface area contributed by atoms with Gasteiger partial charge in [-0.1, -0.05) is 12.1 Å². The van der Waals surface area contributed by atoms with E-state index in [0.29, 0.717) is 5.56 Å². The molecule has 0 fully saturated rings. The zero-order chi connectivity index (χ0) is 15.3. The van der Waals surface area contributed by atoms with Crippen molar-refractivity contribution >= 4 is 17.6 Å². The van der Waals surface area contributed by atoms with Crippen molar-refractivity contribution in [3.63, 3.8) is 0 Å². The Labute approximate surface area is 115 Å². The Morgan fingerprint density at radius 2 is 1.85 bits per heavy atom. The van der Waals surface area contributed by atoms with E-state index in [-0.39, 0.29) is 24.4 Å². The van der Waals surface area contributed by atoms with Gasteiger partial charge in [0.1, 0.15) is 0 Å². The van der Waals surface area contributed by atoms with Gasteiger partial charge in [-0.15, -0.1) is 0 Å². The lowest BCUT2D eigenvalue weighted by Crippen LogP contribution is -2.45. The van der Waals surface area contributed by atoms with E-state index in [1.807, 2.05) is 0 Å². The number of hydrogen-bond donors (Lipinski definition) is 2. The van der Waals surface area contributed by atoms with Crippen molar-refractivity contribution in [2.75, 3.05) is 0 Å². The Hall–Kier alpha value is -2.44. The molecule has 0 saturated carbocycles. The first-order valence-corrected chi connectivity index (χ1v) is 5.96. The molecular formula is C13H16N2O5. The van der Waals surface area contributed by atoms with Gasteiger partial charge < -0.3 is 10.4 Å². The number of nitrogens with zero attached hydrogens (tertiary/aromatic N) is 1. The zero-order valence-electron chi connectivity index (χ0n) is 11.3. The maximum Gasteiger partial charge on any atom is 0.305 e. The number of carboxylic acids is 1. The number of amides is 1. The van der Waals surface area contributed by atoms with Crippen LogP contribution >= 0.6 is 0 Å². The van der Waals surface area contributed by atoms with Gasteiger partial charge >= 0.3 is 5.97 Å². The van der Waals surface area contributed by atoms with Gasteiger partial charge in [0.2, 0.25) is 5.91 Å². The van der Waals surface area contributed by atoms with Gasteiger partial charge in [0, 0.05) is 17.7 Å². The fourth-order valence-electron chi connectivity index (χ4n) is 1.76. The Morgan fingerprint density at radius 3 is 2.30 bits per heavy atom. The summed E-state index contributed by atoms with van der Waals surface area (Å²) in [7, 11) is 0. The van der Waals surface area contributed by atoms with Gasteiger partial charge in [-0.3, -0.25) is 19.7 Å². The maximum atomic E-state index is 11.8. The number of nitro groups is 1. The van der Waals surface area contributed by atoms with E-state index in [4.69, 9.17) is 5.11 Å². The molecule has 0 aliphatic heterocycles. The summed E-state index contributed by atoms with van der Waals surface area (Å²) in [6.07, 6.45) is -0.139. The van der Waals surface area contributed by atoms with Crippen molar-refractivity contribution in [2.45, 2.75) is 32.2 Å². The van der Waals surface area contributed by atoms with Crippen LogP contribution in [-0.2, 0) is 16.0 Å². The number of hydrogen-bond acceptors (Lipinski definition) is 4. The summed E-state index contributed by atoms with van der Waals surface area (Å²) < 4.78 is 0. The van der Waals surface area contributed by atoms with Crippen molar-refractivity contribution in [3.8, 4) is 0 Å². The highest BCUT2D eigenvalue weighted by molar-refractivity contribution is 5.80. The van der Waals surface area contributed by atoms with E-state index >= 15 is 0 Å². The van der Waals surface area contributed by atoms with E-state index in [0.717, 1.165) is 0 Å². The van der Waals surface area contributed by atoms with Crippen molar-refractivity contribution in [3.05, 3.63) is 39.9 Å². The smallest absolute Gasteiger partial charge is 0.305 e. The Balaban J connectivity index is 2.62. The zero-order valence-corrected chi connectivity index (χ0v) is 11.3. The third-order valence-corrected chi connectivity index (χ3v) is 2.58. The number of non-ortho nitro benzene ring substituents is 1. The fraction of sp³-hybridized carbons (Fsp3) is 0.385. The van der Waals surface area contributed by atoms with Crippen molar-refractivity contribution in [1.82, 2.24) is 5.32 Å². The standard InChI is InChI=1S/C13H16N2O5/c1-13(2,8-12(17)18)14-11(16)7-9-3-5-10(6-4-9)15(19)20/h3-6H,7-8H2,1-2H3,(H,14,16)(H,17,18). The molecule has 2 N–H and O–H groups in total. The SMILES string of the molecule is CC(C)(CC(=O)O)NC(=O)Cc1ccc([N+](=O)[O-])cc1. The Bertz CT molecular complexity index is 522. The molecule has 0 aliphatic rings. The van der Waals surface area contributed by atoms with Crippen molar-refractivity contribution in [1.29, 1.82) is 0 Å². The van der Waals surface area contributed by atoms with Crippen LogP contribution in [-0.4, -0.2) is 27.4 Å². The minimum atomic E-state index is -0.995. The summed E-state index contributed by atoms with van der Waals surface area (Å²) in [5, 5.41) is 21.8. The molecule has 7 heteroatoms. The van der Waals surface area contributed by atoms with Crippen LogP contribution in [0.25, 0.3) is 0 Å². The first-order valence-electron chi connectivity index (χ1n) is 5.96. The second kappa shape index (κ2) is 6.14. The summed E-state index contributed by atoms with van der Waals surface area (Å²) in [5.41, 5.74) is -0.261. The lowest BCUT2D eigenvalue weighted by Gasteiger charge is -2.24. The van der Waals surface area contributed by atoms with Crippen LogP contribution in [0.1, 0.15) is 25.8 Å². The second-order valence-corrected chi connectivity index (χ2v) is 5.10. The van der Waals surface area contributed by atoms with E-state index in [1.54, 1.807) is 13.8 Å². The average Bonchev–Trinajstić information content (AvgIpc) is 2.26. The molecule has 0 heterocycles. The number of nitro benzene ring substituents is 1. The second-order valence-electron chi connectivity index (χ2n) is 5.10. The quantitative estimate of drug-likeness (QED) is 0.606. The van der Waals surface area contributed by atoms with Crippen molar-refractivity contribution in [2.24, 2.45) is 0 Å². The normalized spacial score (nSPS) is 10.9. The highest BCUT2D eigenvalue weighted by Crippen LogP contribution is 2.13. The molecule has 0 unspecified atom stereocenters. The first-order chi connectivity index (χ1) is 9.19. The molecule has 1 amide bonds. The third kappa shape index (κ3) is 5.05. The molecule has 7 nitrogen and oxygen atoms in total. The van der Waals surface area contributed by atoms with Crippen LogP contribution in [0.15, 0.2) is 24.3 Å². The lowest BCUT2D eigenvalue weighted by atomic mass is 10.00. The van der Waals surface area contributed by atoms with Crippen LogP contribution in [0, 0.1) is 10.1 Å². The lowest BCUT2D eigenvalue weighted by molar-refractivity contribution is -0.384. The molecule has 0 spiro atoms. The van der Waals surface area contributed by atoms with Crippen molar-refractivity contribution < 1.29 is 19.6 Å². The largest absolute Gasteiger partial charge is 0.481 e. The van der Waals surface area contributed by atoms with Gasteiger partial charge in [0.25, 0.3) is 5.69 Å². The first kappa shape index (κ1) is 15.6. The molecule has 0 saturated heterocycles. The molecule has 1 rings (SSSR count). The number of aliphatic carboxylic acids is 1.